The SMILES string of the molecule is CCNCC1CCCCC1Cc1c(Br)c(CC)nn1CC. The molecule has 0 spiro atoms. The van der Waals surface area contributed by atoms with E-state index in [1.165, 1.54) is 54.5 Å². The third-order valence-corrected chi connectivity index (χ3v) is 5.79. The minimum atomic E-state index is 0.806. The first-order valence-corrected chi connectivity index (χ1v) is 9.45. The Balaban J connectivity index is 2.12. The maximum atomic E-state index is 4.75. The van der Waals surface area contributed by atoms with E-state index in [1.807, 2.05) is 0 Å². The fourth-order valence-corrected chi connectivity index (χ4v) is 4.34. The van der Waals surface area contributed by atoms with Gasteiger partial charge in [-0.2, -0.15) is 5.10 Å². The van der Waals surface area contributed by atoms with E-state index in [9.17, 15) is 0 Å². The summed E-state index contributed by atoms with van der Waals surface area (Å²) < 4.78 is 3.47. The van der Waals surface area contributed by atoms with E-state index in [1.54, 1.807) is 0 Å². The van der Waals surface area contributed by atoms with E-state index in [0.29, 0.717) is 0 Å². The highest BCUT2D eigenvalue weighted by atomic mass is 79.9. The third-order valence-electron chi connectivity index (χ3n) is 4.87. The maximum Gasteiger partial charge on any atom is 0.0766 e. The summed E-state index contributed by atoms with van der Waals surface area (Å²) in [6, 6.07) is 0. The van der Waals surface area contributed by atoms with Crippen molar-refractivity contribution < 1.29 is 0 Å². The first-order chi connectivity index (χ1) is 10.2. The zero-order valence-corrected chi connectivity index (χ0v) is 15.4. The van der Waals surface area contributed by atoms with Crippen molar-refractivity contribution in [2.24, 2.45) is 11.8 Å². The molecule has 120 valence electrons. The van der Waals surface area contributed by atoms with E-state index in [0.717, 1.165) is 31.3 Å². The Bertz CT molecular complexity index is 441. The molecule has 3 nitrogen and oxygen atoms in total. The summed E-state index contributed by atoms with van der Waals surface area (Å²) in [5.74, 6) is 1.64. The van der Waals surface area contributed by atoms with Gasteiger partial charge in [0.25, 0.3) is 0 Å². The van der Waals surface area contributed by atoms with Crippen LogP contribution in [0.25, 0.3) is 0 Å². The highest BCUT2D eigenvalue weighted by Crippen LogP contribution is 2.34. The lowest BCUT2D eigenvalue weighted by atomic mass is 9.77. The predicted octanol–water partition coefficient (Wildman–Crippen LogP) is 4.19. The molecule has 21 heavy (non-hydrogen) atoms. The smallest absolute Gasteiger partial charge is 0.0766 e. The highest BCUT2D eigenvalue weighted by molar-refractivity contribution is 9.10. The molecular formula is C17H30BrN3. The summed E-state index contributed by atoms with van der Waals surface area (Å²) in [5, 5.41) is 8.31. The topological polar surface area (TPSA) is 29.9 Å². The van der Waals surface area contributed by atoms with Crippen LogP contribution in [0, 0.1) is 11.8 Å². The quantitative estimate of drug-likeness (QED) is 0.794. The molecule has 0 aromatic carbocycles. The minimum absolute atomic E-state index is 0.806. The van der Waals surface area contributed by atoms with Gasteiger partial charge in [0.15, 0.2) is 0 Å². The maximum absolute atomic E-state index is 4.75. The zero-order valence-electron chi connectivity index (χ0n) is 13.8. The van der Waals surface area contributed by atoms with Crippen molar-refractivity contribution in [2.75, 3.05) is 13.1 Å². The van der Waals surface area contributed by atoms with Gasteiger partial charge in [0, 0.05) is 6.54 Å². The molecule has 0 aliphatic heterocycles. The minimum Gasteiger partial charge on any atom is -0.317 e. The van der Waals surface area contributed by atoms with Crippen LogP contribution in [0.15, 0.2) is 4.47 Å². The fraction of sp³-hybridized carbons (Fsp3) is 0.824. The molecule has 1 saturated carbocycles. The van der Waals surface area contributed by atoms with Gasteiger partial charge in [-0.25, -0.2) is 0 Å². The summed E-state index contributed by atoms with van der Waals surface area (Å²) in [4.78, 5) is 0. The van der Waals surface area contributed by atoms with Crippen molar-refractivity contribution >= 4 is 15.9 Å². The lowest BCUT2D eigenvalue weighted by Gasteiger charge is -2.32. The standard InChI is InChI=1S/C17H30BrN3/c1-4-15-17(18)16(21(6-3)20-15)11-13-9-7-8-10-14(13)12-19-5-2/h13-14,19H,4-12H2,1-3H3. The number of nitrogens with zero attached hydrogens (tertiary/aromatic N) is 2. The zero-order chi connectivity index (χ0) is 15.2. The van der Waals surface area contributed by atoms with E-state index >= 15 is 0 Å². The van der Waals surface area contributed by atoms with Gasteiger partial charge in [0.05, 0.1) is 15.9 Å². The van der Waals surface area contributed by atoms with Crippen LogP contribution < -0.4 is 5.32 Å². The predicted molar refractivity (Wildman–Crippen MR) is 92.7 cm³/mol. The van der Waals surface area contributed by atoms with Gasteiger partial charge >= 0.3 is 0 Å². The Morgan fingerprint density at radius 1 is 1.19 bits per heavy atom. The molecule has 2 rings (SSSR count). The van der Waals surface area contributed by atoms with Crippen molar-refractivity contribution in [1.29, 1.82) is 0 Å². The Morgan fingerprint density at radius 3 is 2.52 bits per heavy atom. The lowest BCUT2D eigenvalue weighted by molar-refractivity contribution is 0.226. The van der Waals surface area contributed by atoms with Gasteiger partial charge < -0.3 is 5.32 Å². The Morgan fingerprint density at radius 2 is 1.90 bits per heavy atom. The van der Waals surface area contributed by atoms with Gasteiger partial charge in [-0.15, -0.1) is 0 Å². The summed E-state index contributed by atoms with van der Waals surface area (Å²) in [5.41, 5.74) is 2.63. The molecule has 1 heterocycles. The first kappa shape index (κ1) is 17.0. The van der Waals surface area contributed by atoms with E-state index in [2.05, 4.69) is 46.7 Å². The van der Waals surface area contributed by atoms with Crippen LogP contribution in [-0.4, -0.2) is 22.9 Å². The van der Waals surface area contributed by atoms with Gasteiger partial charge in [-0.3, -0.25) is 4.68 Å². The molecule has 4 heteroatoms. The number of nitrogens with one attached hydrogen (secondary N) is 1. The van der Waals surface area contributed by atoms with E-state index in [4.69, 9.17) is 5.10 Å². The average Bonchev–Trinajstić information content (AvgIpc) is 2.82. The monoisotopic (exact) mass is 355 g/mol. The third kappa shape index (κ3) is 4.10. The number of aryl methyl sites for hydroxylation is 2. The second kappa shape index (κ2) is 8.33. The molecule has 1 aromatic rings. The van der Waals surface area contributed by atoms with E-state index < -0.39 is 0 Å². The van der Waals surface area contributed by atoms with Crippen LogP contribution in [0.1, 0.15) is 57.8 Å². The lowest BCUT2D eigenvalue weighted by Crippen LogP contribution is -2.32. The Hall–Kier alpha value is -0.350. The van der Waals surface area contributed by atoms with Crippen LogP contribution in [0.2, 0.25) is 0 Å². The number of hydrogen-bond acceptors (Lipinski definition) is 2. The van der Waals surface area contributed by atoms with Crippen LogP contribution >= 0.6 is 15.9 Å². The van der Waals surface area contributed by atoms with Crippen molar-refractivity contribution in [2.45, 2.75) is 65.8 Å². The van der Waals surface area contributed by atoms with Gasteiger partial charge in [-0.1, -0.05) is 26.7 Å². The van der Waals surface area contributed by atoms with Crippen LogP contribution in [0.3, 0.4) is 0 Å². The fourth-order valence-electron chi connectivity index (χ4n) is 3.61. The summed E-state index contributed by atoms with van der Waals surface area (Å²) in [6.45, 7) is 9.82. The second-order valence-electron chi connectivity index (χ2n) is 6.19. The Kier molecular flexibility index (Phi) is 6.74. The van der Waals surface area contributed by atoms with E-state index in [-0.39, 0.29) is 0 Å². The van der Waals surface area contributed by atoms with Gasteiger partial charge in [0.2, 0.25) is 0 Å². The van der Waals surface area contributed by atoms with Gasteiger partial charge in [0.1, 0.15) is 0 Å². The molecule has 1 aliphatic rings. The molecule has 1 aliphatic carbocycles. The molecule has 2 atom stereocenters. The molecule has 1 fully saturated rings. The number of aromatic nitrogens is 2. The molecule has 0 amide bonds. The van der Waals surface area contributed by atoms with Crippen molar-refractivity contribution in [3.05, 3.63) is 15.9 Å². The molecule has 0 saturated heterocycles. The summed E-state index contributed by atoms with van der Waals surface area (Å²) in [7, 11) is 0. The van der Waals surface area contributed by atoms with Crippen molar-refractivity contribution in [1.82, 2.24) is 15.1 Å². The normalized spacial score (nSPS) is 22.7. The molecule has 1 aromatic heterocycles. The van der Waals surface area contributed by atoms with Crippen LogP contribution in [0.4, 0.5) is 0 Å². The van der Waals surface area contributed by atoms with Crippen LogP contribution in [-0.2, 0) is 19.4 Å². The van der Waals surface area contributed by atoms with Gasteiger partial charge in [-0.05, 0) is 73.5 Å². The first-order valence-electron chi connectivity index (χ1n) is 8.65. The molecule has 2 unspecified atom stereocenters. The number of rotatable bonds is 7. The molecule has 0 bridgehead atoms. The molecule has 1 N–H and O–H groups in total. The average molecular weight is 356 g/mol. The summed E-state index contributed by atoms with van der Waals surface area (Å²) >= 11 is 3.80. The van der Waals surface area contributed by atoms with Crippen molar-refractivity contribution in [3.8, 4) is 0 Å². The molecular weight excluding hydrogens is 326 g/mol. The number of halogens is 1. The summed E-state index contributed by atoms with van der Waals surface area (Å²) in [6.07, 6.45) is 7.74. The molecule has 0 radical (unpaired) electrons. The van der Waals surface area contributed by atoms with Crippen molar-refractivity contribution in [3.63, 3.8) is 0 Å². The highest BCUT2D eigenvalue weighted by Gasteiger charge is 2.27. The Labute approximate surface area is 138 Å². The van der Waals surface area contributed by atoms with Crippen LogP contribution in [0.5, 0.6) is 0 Å². The second-order valence-corrected chi connectivity index (χ2v) is 6.99. The largest absolute Gasteiger partial charge is 0.317 e. The number of hydrogen-bond donors (Lipinski definition) is 1.